The highest BCUT2D eigenvalue weighted by Gasteiger charge is 2.23. The topological polar surface area (TPSA) is 43.0 Å². The number of aromatic nitrogens is 1. The molecule has 1 heterocycles. The van der Waals surface area contributed by atoms with Crippen LogP contribution in [0.4, 0.5) is 0 Å². The van der Waals surface area contributed by atoms with Crippen molar-refractivity contribution in [2.75, 3.05) is 6.54 Å². The van der Waals surface area contributed by atoms with Gasteiger partial charge in [0.15, 0.2) is 0 Å². The molecule has 0 aliphatic heterocycles. The first kappa shape index (κ1) is 22.7. The molecule has 0 bridgehead atoms. The Balaban J connectivity index is 1.42. The van der Waals surface area contributed by atoms with Gasteiger partial charge in [-0.2, -0.15) is 0 Å². The molecule has 2 aliphatic rings. The highest BCUT2D eigenvalue weighted by molar-refractivity contribution is 5.85. The molecule has 2 aromatic carbocycles. The number of rotatable bonds is 8. The third-order valence-corrected chi connectivity index (χ3v) is 8.21. The first-order valence-electron chi connectivity index (χ1n) is 13.3. The Bertz CT molecular complexity index is 1040. The Labute approximate surface area is 199 Å². The van der Waals surface area contributed by atoms with Crippen molar-refractivity contribution in [3.63, 3.8) is 0 Å². The van der Waals surface area contributed by atoms with E-state index in [0.29, 0.717) is 18.0 Å². The van der Waals surface area contributed by atoms with Gasteiger partial charge < -0.3 is 15.6 Å². The molecule has 3 nitrogen and oxygen atoms in total. The number of hydrogen-bond acceptors (Lipinski definition) is 2. The molecule has 1 aromatic heterocycles. The maximum atomic E-state index is 6.12. The van der Waals surface area contributed by atoms with Crippen LogP contribution in [0.1, 0.15) is 80.4 Å². The zero-order valence-electron chi connectivity index (χ0n) is 20.3. The second-order valence-corrected chi connectivity index (χ2v) is 10.7. The van der Waals surface area contributed by atoms with Crippen LogP contribution in [0, 0.1) is 12.8 Å². The van der Waals surface area contributed by atoms with Crippen LogP contribution in [0.25, 0.3) is 10.9 Å². The van der Waals surface area contributed by atoms with Gasteiger partial charge in [-0.1, -0.05) is 60.9 Å². The molecule has 176 valence electrons. The Kier molecular flexibility index (Phi) is 7.18. The molecule has 2 aliphatic carbocycles. The van der Waals surface area contributed by atoms with Gasteiger partial charge in [-0.05, 0) is 81.5 Å². The molecule has 2 saturated carbocycles. The van der Waals surface area contributed by atoms with E-state index in [0.717, 1.165) is 31.7 Å². The lowest BCUT2D eigenvalue weighted by Gasteiger charge is -2.28. The Morgan fingerprint density at radius 3 is 2.55 bits per heavy atom. The molecule has 2 fully saturated rings. The number of para-hydroxylation sites is 1. The van der Waals surface area contributed by atoms with E-state index in [1.807, 2.05) is 0 Å². The molecule has 3 heteroatoms. The maximum absolute atomic E-state index is 6.12. The monoisotopic (exact) mass is 443 g/mol. The second-order valence-electron chi connectivity index (χ2n) is 10.7. The average Bonchev–Trinajstić information content (AvgIpc) is 3.47. The number of nitrogens with one attached hydrogen (secondary N) is 1. The van der Waals surface area contributed by atoms with Crippen LogP contribution in [0.5, 0.6) is 0 Å². The lowest BCUT2D eigenvalue weighted by Crippen LogP contribution is -2.38. The summed E-state index contributed by atoms with van der Waals surface area (Å²) in [7, 11) is 0. The van der Waals surface area contributed by atoms with E-state index in [2.05, 4.69) is 71.5 Å². The fourth-order valence-corrected chi connectivity index (χ4v) is 6.32. The van der Waals surface area contributed by atoms with Crippen molar-refractivity contribution in [2.24, 2.45) is 11.7 Å². The smallest absolute Gasteiger partial charge is 0.0483 e. The van der Waals surface area contributed by atoms with Crippen LogP contribution in [0.2, 0.25) is 0 Å². The summed E-state index contributed by atoms with van der Waals surface area (Å²) in [5.74, 6) is 1.25. The van der Waals surface area contributed by atoms with E-state index in [4.69, 9.17) is 5.73 Å². The molecule has 0 saturated heterocycles. The third-order valence-electron chi connectivity index (χ3n) is 8.21. The summed E-state index contributed by atoms with van der Waals surface area (Å²) in [6.45, 7) is 4.44. The van der Waals surface area contributed by atoms with E-state index in [-0.39, 0.29) is 0 Å². The van der Waals surface area contributed by atoms with E-state index < -0.39 is 0 Å². The van der Waals surface area contributed by atoms with Gasteiger partial charge in [0.25, 0.3) is 0 Å². The van der Waals surface area contributed by atoms with Gasteiger partial charge in [0.1, 0.15) is 0 Å². The summed E-state index contributed by atoms with van der Waals surface area (Å²) in [6, 6.07) is 19.3. The SMILES string of the molecule is Cc1cccc(C(CCN[C@H]2CC[C@H](N)CC2)c2cn(CC3CCCC3)c3ccccc23)c1. The van der Waals surface area contributed by atoms with E-state index in [1.165, 1.54) is 72.7 Å². The highest BCUT2D eigenvalue weighted by Crippen LogP contribution is 2.36. The number of hydrogen-bond donors (Lipinski definition) is 2. The molecule has 5 rings (SSSR count). The second kappa shape index (κ2) is 10.4. The van der Waals surface area contributed by atoms with Crippen molar-refractivity contribution < 1.29 is 0 Å². The lowest BCUT2D eigenvalue weighted by atomic mass is 9.87. The standard InChI is InChI=1S/C30H41N3/c1-22-7-6-10-24(19-22)27(17-18-32-26-15-13-25(31)14-16-26)29-21-33(20-23-8-2-3-9-23)30-12-5-4-11-28(29)30/h4-7,10-12,19,21,23,25-27,32H,2-3,8-9,13-18,20,31H2,1H3/t25-,26-,27?. The highest BCUT2D eigenvalue weighted by atomic mass is 15.0. The summed E-state index contributed by atoms with van der Waals surface area (Å²) in [4.78, 5) is 0. The summed E-state index contributed by atoms with van der Waals surface area (Å²) in [6.07, 6.45) is 14.0. The van der Waals surface area contributed by atoms with E-state index in [1.54, 1.807) is 0 Å². The number of benzene rings is 2. The van der Waals surface area contributed by atoms with E-state index in [9.17, 15) is 0 Å². The predicted molar refractivity (Wildman–Crippen MR) is 140 cm³/mol. The minimum absolute atomic E-state index is 0.411. The minimum Gasteiger partial charge on any atom is -0.347 e. The molecule has 1 unspecified atom stereocenters. The number of nitrogens with zero attached hydrogens (tertiary/aromatic N) is 1. The summed E-state index contributed by atoms with van der Waals surface area (Å²) >= 11 is 0. The largest absolute Gasteiger partial charge is 0.347 e. The van der Waals surface area contributed by atoms with Gasteiger partial charge in [-0.25, -0.2) is 0 Å². The van der Waals surface area contributed by atoms with Crippen LogP contribution in [-0.2, 0) is 6.54 Å². The number of nitrogens with two attached hydrogens (primary N) is 1. The number of aryl methyl sites for hydroxylation is 1. The summed E-state index contributed by atoms with van der Waals surface area (Å²) in [5, 5.41) is 5.31. The quantitative estimate of drug-likeness (QED) is 0.416. The predicted octanol–water partition coefficient (Wildman–Crippen LogP) is 6.52. The molecule has 33 heavy (non-hydrogen) atoms. The Morgan fingerprint density at radius 1 is 0.970 bits per heavy atom. The molecule has 0 spiro atoms. The lowest BCUT2D eigenvalue weighted by molar-refractivity contribution is 0.340. The molecule has 1 atom stereocenters. The molecular weight excluding hydrogens is 402 g/mol. The van der Waals surface area contributed by atoms with Crippen LogP contribution in [-0.4, -0.2) is 23.2 Å². The normalized spacial score (nSPS) is 22.7. The average molecular weight is 444 g/mol. The first-order valence-corrected chi connectivity index (χ1v) is 13.3. The minimum atomic E-state index is 0.411. The van der Waals surface area contributed by atoms with Gasteiger partial charge in [0, 0.05) is 41.6 Å². The third kappa shape index (κ3) is 5.36. The molecule has 3 aromatic rings. The van der Waals surface area contributed by atoms with Gasteiger partial charge >= 0.3 is 0 Å². The first-order chi connectivity index (χ1) is 16.2. The van der Waals surface area contributed by atoms with Gasteiger partial charge in [0.05, 0.1) is 0 Å². The van der Waals surface area contributed by atoms with Crippen molar-refractivity contribution >= 4 is 10.9 Å². The summed E-state index contributed by atoms with van der Waals surface area (Å²) in [5.41, 5.74) is 11.8. The van der Waals surface area contributed by atoms with Crippen LogP contribution < -0.4 is 11.1 Å². The zero-order chi connectivity index (χ0) is 22.6. The maximum Gasteiger partial charge on any atom is 0.0483 e. The van der Waals surface area contributed by atoms with Crippen molar-refractivity contribution in [3.05, 3.63) is 71.4 Å². The van der Waals surface area contributed by atoms with Gasteiger partial charge in [-0.3, -0.25) is 0 Å². The van der Waals surface area contributed by atoms with Gasteiger partial charge in [-0.15, -0.1) is 0 Å². The fraction of sp³-hybridized carbons (Fsp3) is 0.533. The van der Waals surface area contributed by atoms with Crippen molar-refractivity contribution in [1.82, 2.24) is 9.88 Å². The van der Waals surface area contributed by atoms with Crippen LogP contribution in [0.3, 0.4) is 0 Å². The molecule has 3 N–H and O–H groups in total. The zero-order valence-corrected chi connectivity index (χ0v) is 20.3. The summed E-state index contributed by atoms with van der Waals surface area (Å²) < 4.78 is 2.57. The van der Waals surface area contributed by atoms with Gasteiger partial charge in [0.2, 0.25) is 0 Å². The molecule has 0 amide bonds. The van der Waals surface area contributed by atoms with Crippen LogP contribution in [0.15, 0.2) is 54.7 Å². The number of fused-ring (bicyclic) bond motifs is 1. The van der Waals surface area contributed by atoms with Crippen molar-refractivity contribution in [2.45, 2.75) is 89.3 Å². The van der Waals surface area contributed by atoms with E-state index >= 15 is 0 Å². The fourth-order valence-electron chi connectivity index (χ4n) is 6.32. The van der Waals surface area contributed by atoms with Crippen LogP contribution >= 0.6 is 0 Å². The Morgan fingerprint density at radius 2 is 1.76 bits per heavy atom. The molecule has 0 radical (unpaired) electrons. The van der Waals surface area contributed by atoms with Crippen molar-refractivity contribution in [1.29, 1.82) is 0 Å². The Hall–Kier alpha value is -2.10. The van der Waals surface area contributed by atoms with Crippen molar-refractivity contribution in [3.8, 4) is 0 Å². The molecular formula is C30H41N3.